The van der Waals surface area contributed by atoms with Crippen molar-refractivity contribution < 1.29 is 27.3 Å². The molecule has 0 spiro atoms. The van der Waals surface area contributed by atoms with Gasteiger partial charge >= 0.3 is 5.97 Å². The Morgan fingerprint density at radius 1 is 1.08 bits per heavy atom. The van der Waals surface area contributed by atoms with Gasteiger partial charge in [0.05, 0.1) is 21.2 Å². The van der Waals surface area contributed by atoms with E-state index in [4.69, 9.17) is 22.1 Å². The van der Waals surface area contributed by atoms with Crippen molar-refractivity contribution in [3.63, 3.8) is 0 Å². The molecular formula is C23H17ClFN7O6S. The second-order valence-electron chi connectivity index (χ2n) is 7.66. The quantitative estimate of drug-likeness (QED) is 0.148. The Morgan fingerprint density at radius 3 is 2.51 bits per heavy atom. The summed E-state index contributed by atoms with van der Waals surface area (Å²) in [5, 5.41) is 13.6. The molecule has 4 aromatic rings. The molecule has 0 unspecified atom stereocenters. The number of sulfonamides is 1. The molecule has 3 aromatic carbocycles. The number of nitrogens with one attached hydrogen (secondary N) is 2. The third kappa shape index (κ3) is 6.71. The number of hydrogen-bond acceptors (Lipinski definition) is 11. The number of halogens is 2. The third-order valence-electron chi connectivity index (χ3n) is 4.94. The predicted octanol–water partition coefficient (Wildman–Crippen LogP) is 4.06. The number of nitrogens with zero attached hydrogens (tertiary/aromatic N) is 4. The second kappa shape index (κ2) is 11.2. The van der Waals surface area contributed by atoms with Gasteiger partial charge in [0.15, 0.2) is 12.4 Å². The summed E-state index contributed by atoms with van der Waals surface area (Å²) in [4.78, 5) is 34.5. The maximum absolute atomic E-state index is 13.1. The molecule has 4 rings (SSSR count). The first-order chi connectivity index (χ1) is 18.5. The number of nitrogen functional groups attached to an aromatic ring is 1. The van der Waals surface area contributed by atoms with E-state index in [1.54, 1.807) is 0 Å². The fraction of sp³-hybridized carbons (Fsp3) is 0.0435. The van der Waals surface area contributed by atoms with Crippen molar-refractivity contribution in [2.45, 2.75) is 11.5 Å². The molecule has 0 aliphatic carbocycles. The average molecular weight is 574 g/mol. The first-order valence-electron chi connectivity index (χ1n) is 10.8. The highest BCUT2D eigenvalue weighted by atomic mass is 35.5. The van der Waals surface area contributed by atoms with Crippen molar-refractivity contribution in [1.82, 2.24) is 15.0 Å². The van der Waals surface area contributed by atoms with Gasteiger partial charge in [-0.3, -0.25) is 14.8 Å². The number of para-hydroxylation sites is 1. The van der Waals surface area contributed by atoms with Gasteiger partial charge in [-0.2, -0.15) is 15.0 Å². The molecule has 0 amide bonds. The van der Waals surface area contributed by atoms with Crippen LogP contribution in [0.4, 0.5) is 33.3 Å². The number of ether oxygens (including phenoxy) is 1. The topological polar surface area (TPSA) is 192 Å². The number of carbonyl (C=O) groups is 1. The van der Waals surface area contributed by atoms with Crippen LogP contribution in [0, 0.1) is 15.9 Å². The van der Waals surface area contributed by atoms with E-state index in [1.165, 1.54) is 48.5 Å². The minimum Gasteiger partial charge on any atom is -0.454 e. The Kier molecular flexibility index (Phi) is 7.83. The summed E-state index contributed by atoms with van der Waals surface area (Å²) in [6.45, 7) is -0.457. The van der Waals surface area contributed by atoms with Crippen LogP contribution >= 0.6 is 11.6 Å². The van der Waals surface area contributed by atoms with Crippen molar-refractivity contribution in [2.75, 3.05) is 15.8 Å². The van der Waals surface area contributed by atoms with Gasteiger partial charge in [-0.05, 0) is 42.5 Å². The van der Waals surface area contributed by atoms with E-state index in [0.29, 0.717) is 5.69 Å². The lowest BCUT2D eigenvalue weighted by molar-refractivity contribution is -0.385. The van der Waals surface area contributed by atoms with E-state index in [2.05, 4.69) is 25.0 Å². The molecule has 39 heavy (non-hydrogen) atoms. The monoisotopic (exact) mass is 573 g/mol. The van der Waals surface area contributed by atoms with Gasteiger partial charge in [-0.1, -0.05) is 23.7 Å². The van der Waals surface area contributed by atoms with Crippen LogP contribution < -0.4 is 15.8 Å². The van der Waals surface area contributed by atoms with Crippen LogP contribution in [-0.2, 0) is 21.4 Å². The number of anilines is 4. The summed E-state index contributed by atoms with van der Waals surface area (Å²) < 4.78 is 46.5. The molecule has 1 heterocycles. The lowest BCUT2D eigenvalue weighted by atomic mass is 10.2. The van der Waals surface area contributed by atoms with E-state index >= 15 is 0 Å². The molecule has 0 aliphatic rings. The van der Waals surface area contributed by atoms with Gasteiger partial charge in [0.1, 0.15) is 10.7 Å². The standard InChI is InChI=1S/C23H17ClFN7O6S/c24-17-10-9-15(32(34)35)11-19(17)39(36,37)31-18-4-2-1-3-16(18)21(33)38-12-20-28-22(26)30-23(29-20)27-14-7-5-13(25)6-8-14/h1-11,31H,12H2,(H3,26,27,28,29,30). The summed E-state index contributed by atoms with van der Waals surface area (Å²) in [5.74, 6) is -1.56. The van der Waals surface area contributed by atoms with Crippen LogP contribution in [0.2, 0.25) is 5.02 Å². The predicted molar refractivity (Wildman–Crippen MR) is 138 cm³/mol. The molecule has 0 bridgehead atoms. The third-order valence-corrected chi connectivity index (χ3v) is 6.79. The van der Waals surface area contributed by atoms with Crippen LogP contribution in [0.25, 0.3) is 0 Å². The highest BCUT2D eigenvalue weighted by molar-refractivity contribution is 7.92. The van der Waals surface area contributed by atoms with Gasteiger partial charge in [0.25, 0.3) is 15.7 Å². The fourth-order valence-electron chi connectivity index (χ4n) is 3.19. The zero-order valence-electron chi connectivity index (χ0n) is 19.5. The fourth-order valence-corrected chi connectivity index (χ4v) is 4.79. The lowest BCUT2D eigenvalue weighted by Crippen LogP contribution is -2.17. The van der Waals surface area contributed by atoms with Crippen molar-refractivity contribution in [1.29, 1.82) is 0 Å². The van der Waals surface area contributed by atoms with Crippen molar-refractivity contribution >= 4 is 56.6 Å². The average Bonchev–Trinajstić information content (AvgIpc) is 2.88. The number of nitro groups is 1. The molecule has 200 valence electrons. The van der Waals surface area contributed by atoms with Gasteiger partial charge in [-0.15, -0.1) is 0 Å². The van der Waals surface area contributed by atoms with Crippen LogP contribution in [-0.4, -0.2) is 34.3 Å². The Labute approximate surface area is 225 Å². The summed E-state index contributed by atoms with van der Waals surface area (Å²) >= 11 is 5.97. The van der Waals surface area contributed by atoms with E-state index in [-0.39, 0.29) is 34.0 Å². The van der Waals surface area contributed by atoms with Gasteiger partial charge < -0.3 is 15.8 Å². The molecule has 0 fully saturated rings. The molecular weight excluding hydrogens is 557 g/mol. The number of nitro benzene ring substituents is 1. The molecule has 13 nitrogen and oxygen atoms in total. The highest BCUT2D eigenvalue weighted by Gasteiger charge is 2.24. The molecule has 16 heteroatoms. The first-order valence-corrected chi connectivity index (χ1v) is 12.6. The molecule has 0 saturated carbocycles. The van der Waals surface area contributed by atoms with E-state index in [9.17, 15) is 27.7 Å². The van der Waals surface area contributed by atoms with E-state index < -0.39 is 43.9 Å². The SMILES string of the molecule is Nc1nc(COC(=O)c2ccccc2NS(=O)(=O)c2cc([N+](=O)[O-])ccc2Cl)nc(Nc2ccc(F)cc2)n1. The van der Waals surface area contributed by atoms with Crippen LogP contribution in [0.1, 0.15) is 16.2 Å². The molecule has 0 atom stereocenters. The Hall–Kier alpha value is -4.89. The van der Waals surface area contributed by atoms with Gasteiger partial charge in [0.2, 0.25) is 11.9 Å². The molecule has 0 aliphatic heterocycles. The number of benzene rings is 3. The van der Waals surface area contributed by atoms with E-state index in [1.807, 2.05) is 0 Å². The largest absolute Gasteiger partial charge is 0.454 e. The summed E-state index contributed by atoms with van der Waals surface area (Å²) in [6, 6.07) is 13.8. The maximum Gasteiger partial charge on any atom is 0.340 e. The zero-order chi connectivity index (χ0) is 28.2. The second-order valence-corrected chi connectivity index (χ2v) is 9.72. The summed E-state index contributed by atoms with van der Waals surface area (Å²) in [6.07, 6.45) is 0. The number of carbonyl (C=O) groups excluding carboxylic acids is 1. The zero-order valence-corrected chi connectivity index (χ0v) is 21.1. The van der Waals surface area contributed by atoms with E-state index in [0.717, 1.165) is 18.2 Å². The number of non-ortho nitro benzene ring substituents is 1. The van der Waals surface area contributed by atoms with Gasteiger partial charge in [-0.25, -0.2) is 17.6 Å². The minimum atomic E-state index is -4.44. The van der Waals surface area contributed by atoms with Crippen molar-refractivity contribution in [3.8, 4) is 0 Å². The number of aromatic nitrogens is 3. The number of esters is 1. The van der Waals surface area contributed by atoms with Crippen molar-refractivity contribution in [3.05, 3.63) is 99.1 Å². The summed E-state index contributed by atoms with van der Waals surface area (Å²) in [7, 11) is -4.44. The highest BCUT2D eigenvalue weighted by Crippen LogP contribution is 2.29. The molecule has 4 N–H and O–H groups in total. The number of nitrogens with two attached hydrogens (primary N) is 1. The van der Waals surface area contributed by atoms with Crippen LogP contribution in [0.5, 0.6) is 0 Å². The Balaban J connectivity index is 1.51. The minimum absolute atomic E-state index is 0.0159. The number of rotatable bonds is 9. The van der Waals surface area contributed by atoms with Crippen LogP contribution in [0.3, 0.4) is 0 Å². The molecule has 0 saturated heterocycles. The Bertz CT molecular complexity index is 1670. The molecule has 1 aromatic heterocycles. The molecule has 0 radical (unpaired) electrons. The number of hydrogen-bond donors (Lipinski definition) is 3. The summed E-state index contributed by atoms with van der Waals surface area (Å²) in [5.41, 5.74) is 5.35. The smallest absolute Gasteiger partial charge is 0.340 e. The van der Waals surface area contributed by atoms with Gasteiger partial charge in [0, 0.05) is 17.8 Å². The Morgan fingerprint density at radius 2 is 1.79 bits per heavy atom. The van der Waals surface area contributed by atoms with Crippen molar-refractivity contribution in [2.24, 2.45) is 0 Å². The first kappa shape index (κ1) is 27.2. The van der Waals surface area contributed by atoms with Crippen LogP contribution in [0.15, 0.2) is 71.6 Å². The lowest BCUT2D eigenvalue weighted by Gasteiger charge is -2.13. The maximum atomic E-state index is 13.1. The normalized spacial score (nSPS) is 11.0.